The van der Waals surface area contributed by atoms with E-state index in [1.807, 2.05) is 36.5 Å². The minimum absolute atomic E-state index is 0.718. The molecule has 0 aliphatic rings. The summed E-state index contributed by atoms with van der Waals surface area (Å²) in [7, 11) is 0. The molecular formula is C13H12N2. The van der Waals surface area contributed by atoms with Gasteiger partial charge < -0.3 is 0 Å². The second-order valence-corrected chi connectivity index (χ2v) is 3.24. The maximum atomic E-state index is 4.35. The highest BCUT2D eigenvalue weighted by Crippen LogP contribution is 2.00. The van der Waals surface area contributed by atoms with Gasteiger partial charge in [0.1, 0.15) is 0 Å². The summed E-state index contributed by atoms with van der Waals surface area (Å²) >= 11 is 0. The topological polar surface area (TPSA) is 25.2 Å². The smallest absolute Gasteiger partial charge is 0.0639 e. The van der Waals surface area contributed by atoms with Gasteiger partial charge in [0.15, 0.2) is 0 Å². The lowest BCUT2D eigenvalue weighted by molar-refractivity contribution is 1.08. The molecule has 2 rings (SSSR count). The highest BCUT2D eigenvalue weighted by atomic mass is 14.7. The lowest BCUT2D eigenvalue weighted by Gasteiger charge is -1.94. The van der Waals surface area contributed by atoms with Gasteiger partial charge in [0.25, 0.3) is 0 Å². The van der Waals surface area contributed by atoms with Gasteiger partial charge in [-0.2, -0.15) is 0 Å². The van der Waals surface area contributed by atoms with Crippen molar-refractivity contribution >= 4 is 6.21 Å². The summed E-state index contributed by atoms with van der Waals surface area (Å²) in [4.78, 5) is 8.37. The highest BCUT2D eigenvalue weighted by Gasteiger charge is 1.87. The molecule has 0 fully saturated rings. The van der Waals surface area contributed by atoms with Crippen molar-refractivity contribution in [2.75, 3.05) is 0 Å². The van der Waals surface area contributed by atoms with Crippen molar-refractivity contribution in [2.45, 2.75) is 6.54 Å². The van der Waals surface area contributed by atoms with Crippen molar-refractivity contribution in [2.24, 2.45) is 4.99 Å². The standard InChI is InChI=1S/C13H12N2/c1-2-5-12(6-3-1)9-15-11-13-7-4-8-14-10-13/h1-8,10-11H,9H2/b15-11-. The fourth-order valence-corrected chi connectivity index (χ4v) is 1.29. The summed E-state index contributed by atoms with van der Waals surface area (Å²) in [6.45, 7) is 0.718. The van der Waals surface area contributed by atoms with Crippen LogP contribution in [0.5, 0.6) is 0 Å². The van der Waals surface area contributed by atoms with Crippen LogP contribution in [-0.2, 0) is 6.54 Å². The average Bonchev–Trinajstić information content (AvgIpc) is 2.32. The molecule has 74 valence electrons. The van der Waals surface area contributed by atoms with E-state index in [0.29, 0.717) is 0 Å². The van der Waals surface area contributed by atoms with E-state index in [4.69, 9.17) is 0 Å². The maximum absolute atomic E-state index is 4.35. The molecule has 1 heterocycles. The molecule has 1 aromatic carbocycles. The second kappa shape index (κ2) is 5.05. The lowest BCUT2D eigenvalue weighted by atomic mass is 10.2. The van der Waals surface area contributed by atoms with Gasteiger partial charge in [0.05, 0.1) is 6.54 Å². The van der Waals surface area contributed by atoms with E-state index in [1.165, 1.54) is 5.56 Å². The van der Waals surface area contributed by atoms with Gasteiger partial charge in [0, 0.05) is 24.2 Å². The van der Waals surface area contributed by atoms with E-state index >= 15 is 0 Å². The van der Waals surface area contributed by atoms with E-state index in [1.54, 1.807) is 12.4 Å². The molecule has 2 aromatic rings. The number of hydrogen-bond acceptors (Lipinski definition) is 2. The van der Waals surface area contributed by atoms with E-state index in [0.717, 1.165) is 12.1 Å². The maximum Gasteiger partial charge on any atom is 0.0639 e. The molecule has 0 N–H and O–H groups in total. The molecule has 0 saturated carbocycles. The Morgan fingerprint density at radius 2 is 1.93 bits per heavy atom. The third-order valence-corrected chi connectivity index (χ3v) is 2.04. The number of hydrogen-bond donors (Lipinski definition) is 0. The van der Waals surface area contributed by atoms with Crippen LogP contribution in [0.1, 0.15) is 11.1 Å². The Morgan fingerprint density at radius 1 is 1.07 bits per heavy atom. The molecule has 15 heavy (non-hydrogen) atoms. The first-order valence-corrected chi connectivity index (χ1v) is 4.89. The lowest BCUT2D eigenvalue weighted by Crippen LogP contribution is -1.84. The molecule has 0 radical (unpaired) electrons. The Balaban J connectivity index is 1.97. The van der Waals surface area contributed by atoms with E-state index in [2.05, 4.69) is 22.1 Å². The molecule has 0 amide bonds. The summed E-state index contributed by atoms with van der Waals surface area (Å²) in [5.41, 5.74) is 2.26. The normalized spacial score (nSPS) is 10.7. The molecular weight excluding hydrogens is 184 g/mol. The van der Waals surface area contributed by atoms with Crippen LogP contribution in [0.15, 0.2) is 59.9 Å². The summed E-state index contributed by atoms with van der Waals surface area (Å²) in [6.07, 6.45) is 5.41. The molecule has 0 unspecified atom stereocenters. The fraction of sp³-hybridized carbons (Fsp3) is 0.0769. The van der Waals surface area contributed by atoms with Gasteiger partial charge in [-0.3, -0.25) is 9.98 Å². The van der Waals surface area contributed by atoms with Crippen LogP contribution in [-0.4, -0.2) is 11.2 Å². The predicted octanol–water partition coefficient (Wildman–Crippen LogP) is 2.70. The van der Waals surface area contributed by atoms with Crippen LogP contribution >= 0.6 is 0 Å². The van der Waals surface area contributed by atoms with Crippen LogP contribution in [0.4, 0.5) is 0 Å². The SMILES string of the molecule is C(=N/Cc1ccccc1)/c1cccnc1. The van der Waals surface area contributed by atoms with Gasteiger partial charge in [0.2, 0.25) is 0 Å². The zero-order valence-corrected chi connectivity index (χ0v) is 8.38. The number of benzene rings is 1. The zero-order valence-electron chi connectivity index (χ0n) is 8.38. The van der Waals surface area contributed by atoms with Crippen molar-refractivity contribution in [3.8, 4) is 0 Å². The van der Waals surface area contributed by atoms with E-state index < -0.39 is 0 Å². The molecule has 2 heteroatoms. The van der Waals surface area contributed by atoms with Crippen molar-refractivity contribution < 1.29 is 0 Å². The van der Waals surface area contributed by atoms with Crippen molar-refractivity contribution in [3.05, 3.63) is 66.0 Å². The van der Waals surface area contributed by atoms with Crippen LogP contribution in [0.3, 0.4) is 0 Å². The number of pyridine rings is 1. The zero-order chi connectivity index (χ0) is 10.3. The monoisotopic (exact) mass is 196 g/mol. The molecule has 0 aliphatic heterocycles. The van der Waals surface area contributed by atoms with Gasteiger partial charge in [-0.1, -0.05) is 36.4 Å². The van der Waals surface area contributed by atoms with Crippen LogP contribution < -0.4 is 0 Å². The van der Waals surface area contributed by atoms with Crippen molar-refractivity contribution in [3.63, 3.8) is 0 Å². The third-order valence-electron chi connectivity index (χ3n) is 2.04. The molecule has 2 nitrogen and oxygen atoms in total. The Hall–Kier alpha value is -1.96. The van der Waals surface area contributed by atoms with Crippen LogP contribution in [0.25, 0.3) is 0 Å². The summed E-state index contributed by atoms with van der Waals surface area (Å²) < 4.78 is 0. The minimum atomic E-state index is 0.718. The van der Waals surface area contributed by atoms with Crippen LogP contribution in [0, 0.1) is 0 Å². The molecule has 0 atom stereocenters. The average molecular weight is 196 g/mol. The summed E-state index contributed by atoms with van der Waals surface area (Å²) in [6, 6.07) is 14.1. The Kier molecular flexibility index (Phi) is 3.23. The summed E-state index contributed by atoms with van der Waals surface area (Å²) in [5.74, 6) is 0. The first-order chi connectivity index (χ1) is 7.45. The molecule has 0 spiro atoms. The quantitative estimate of drug-likeness (QED) is 0.693. The van der Waals surface area contributed by atoms with E-state index in [9.17, 15) is 0 Å². The summed E-state index contributed by atoms with van der Waals surface area (Å²) in [5, 5.41) is 0. The van der Waals surface area contributed by atoms with Gasteiger partial charge in [-0.15, -0.1) is 0 Å². The molecule has 0 bridgehead atoms. The van der Waals surface area contributed by atoms with Gasteiger partial charge >= 0.3 is 0 Å². The fourth-order valence-electron chi connectivity index (χ4n) is 1.29. The van der Waals surface area contributed by atoms with Gasteiger partial charge in [-0.25, -0.2) is 0 Å². The van der Waals surface area contributed by atoms with Crippen molar-refractivity contribution in [1.29, 1.82) is 0 Å². The second-order valence-electron chi connectivity index (χ2n) is 3.24. The Morgan fingerprint density at radius 3 is 2.67 bits per heavy atom. The number of nitrogens with zero attached hydrogens (tertiary/aromatic N) is 2. The predicted molar refractivity (Wildman–Crippen MR) is 62.0 cm³/mol. The highest BCUT2D eigenvalue weighted by molar-refractivity contribution is 5.78. The van der Waals surface area contributed by atoms with Crippen molar-refractivity contribution in [1.82, 2.24) is 4.98 Å². The number of aliphatic imine (C=N–C) groups is 1. The van der Waals surface area contributed by atoms with Gasteiger partial charge in [-0.05, 0) is 11.6 Å². The third kappa shape index (κ3) is 3.02. The molecule has 1 aromatic heterocycles. The largest absolute Gasteiger partial charge is 0.288 e. The minimum Gasteiger partial charge on any atom is -0.288 e. The Labute approximate surface area is 89.3 Å². The van der Waals surface area contributed by atoms with E-state index in [-0.39, 0.29) is 0 Å². The number of rotatable bonds is 3. The van der Waals surface area contributed by atoms with Crippen LogP contribution in [0.2, 0.25) is 0 Å². The first kappa shape index (κ1) is 9.59. The molecule has 0 saturated heterocycles. The number of aromatic nitrogens is 1. The molecule has 0 aliphatic carbocycles. The Bertz CT molecular complexity index is 421. The first-order valence-electron chi connectivity index (χ1n) is 4.89.